The topological polar surface area (TPSA) is 141 Å². The Morgan fingerprint density at radius 2 is 1.81 bits per heavy atom. The molecule has 4 N–H and O–H groups in total. The van der Waals surface area contributed by atoms with Crippen LogP contribution in [0.25, 0.3) is 0 Å². The third-order valence-electron chi connectivity index (χ3n) is 7.06. The van der Waals surface area contributed by atoms with Crippen LogP contribution in [0.1, 0.15) is 22.3 Å². The fourth-order valence-electron chi connectivity index (χ4n) is 5.65. The first-order chi connectivity index (χ1) is 14.9. The van der Waals surface area contributed by atoms with Crippen LogP contribution >= 0.6 is 0 Å². The number of allylic oxidation sites excluding steroid dienone is 1. The van der Waals surface area contributed by atoms with Crippen molar-refractivity contribution in [1.82, 2.24) is 4.90 Å². The van der Waals surface area contributed by atoms with E-state index in [9.17, 15) is 29.4 Å². The SMILES string of the molecule is CN(C)c1ccc(O)c2c1CC1CC3C(N(C)C)C(=O)C(C(N)=O)C(=O)C3(O)C=C1C2=O. The molecule has 1 aromatic carbocycles. The van der Waals surface area contributed by atoms with Crippen molar-refractivity contribution in [2.75, 3.05) is 33.1 Å². The lowest BCUT2D eigenvalue weighted by atomic mass is 9.57. The Labute approximate surface area is 185 Å². The Bertz CT molecular complexity index is 1090. The number of nitrogens with two attached hydrogens (primary N) is 1. The number of fused-ring (bicyclic) bond motifs is 3. The van der Waals surface area contributed by atoms with Crippen LogP contribution in [0.15, 0.2) is 23.8 Å². The summed E-state index contributed by atoms with van der Waals surface area (Å²) in [5.41, 5.74) is 5.00. The largest absolute Gasteiger partial charge is 0.507 e. The number of hydrogen-bond acceptors (Lipinski definition) is 8. The average Bonchev–Trinajstić information content (AvgIpc) is 2.68. The summed E-state index contributed by atoms with van der Waals surface area (Å²) in [6.45, 7) is 0. The molecule has 0 bridgehead atoms. The third-order valence-corrected chi connectivity index (χ3v) is 7.06. The fourth-order valence-corrected chi connectivity index (χ4v) is 5.65. The highest BCUT2D eigenvalue weighted by Crippen LogP contribution is 2.50. The number of phenols is 1. The van der Waals surface area contributed by atoms with E-state index in [1.165, 1.54) is 12.1 Å². The molecule has 5 unspecified atom stereocenters. The highest BCUT2D eigenvalue weighted by molar-refractivity contribution is 6.25. The molecule has 0 heterocycles. The molecule has 9 nitrogen and oxygen atoms in total. The van der Waals surface area contributed by atoms with Crippen molar-refractivity contribution in [2.45, 2.75) is 24.5 Å². The number of nitrogens with zero attached hydrogens (tertiary/aromatic N) is 2. The van der Waals surface area contributed by atoms with Crippen molar-refractivity contribution >= 4 is 28.9 Å². The number of carbonyl (C=O) groups excluding carboxylic acids is 4. The Morgan fingerprint density at radius 3 is 2.38 bits per heavy atom. The summed E-state index contributed by atoms with van der Waals surface area (Å²) in [6, 6.07) is 2.27. The summed E-state index contributed by atoms with van der Waals surface area (Å²) in [6.07, 6.45) is 1.81. The van der Waals surface area contributed by atoms with Crippen molar-refractivity contribution in [3.63, 3.8) is 0 Å². The number of anilines is 1. The second-order valence-corrected chi connectivity index (χ2v) is 9.36. The van der Waals surface area contributed by atoms with E-state index in [1.807, 2.05) is 19.0 Å². The maximum absolute atomic E-state index is 13.4. The predicted octanol–water partition coefficient (Wildman–Crippen LogP) is -0.326. The number of primary amides is 1. The van der Waals surface area contributed by atoms with E-state index in [-0.39, 0.29) is 29.2 Å². The van der Waals surface area contributed by atoms with Crippen molar-refractivity contribution < 1.29 is 29.4 Å². The minimum atomic E-state index is -2.18. The van der Waals surface area contributed by atoms with Crippen LogP contribution in [0.2, 0.25) is 0 Å². The van der Waals surface area contributed by atoms with E-state index in [1.54, 1.807) is 25.1 Å². The van der Waals surface area contributed by atoms with Gasteiger partial charge in [-0.1, -0.05) is 0 Å². The number of Topliss-reactive ketones (excluding diaryl/α,β-unsaturated/α-hetero) is 3. The number of rotatable bonds is 3. The molecule has 5 atom stereocenters. The summed E-state index contributed by atoms with van der Waals surface area (Å²) in [4.78, 5) is 55.0. The maximum Gasteiger partial charge on any atom is 0.235 e. The quantitative estimate of drug-likeness (QED) is 0.542. The molecule has 1 aromatic rings. The van der Waals surface area contributed by atoms with Gasteiger partial charge in [0.2, 0.25) is 5.91 Å². The maximum atomic E-state index is 13.4. The van der Waals surface area contributed by atoms with Gasteiger partial charge in [-0.05, 0) is 56.6 Å². The Hall–Kier alpha value is -3.04. The number of aromatic hydroxyl groups is 1. The molecule has 0 saturated heterocycles. The first-order valence-corrected chi connectivity index (χ1v) is 10.5. The minimum Gasteiger partial charge on any atom is -0.507 e. The molecule has 32 heavy (non-hydrogen) atoms. The number of benzene rings is 1. The van der Waals surface area contributed by atoms with E-state index in [2.05, 4.69) is 0 Å². The molecular weight excluding hydrogens is 414 g/mol. The molecule has 1 fully saturated rings. The van der Waals surface area contributed by atoms with E-state index >= 15 is 0 Å². The van der Waals surface area contributed by atoms with E-state index in [0.717, 1.165) is 5.69 Å². The van der Waals surface area contributed by atoms with E-state index < -0.39 is 46.7 Å². The highest BCUT2D eigenvalue weighted by atomic mass is 16.3. The summed E-state index contributed by atoms with van der Waals surface area (Å²) in [7, 11) is 6.96. The van der Waals surface area contributed by atoms with Crippen molar-refractivity contribution in [3.8, 4) is 5.75 Å². The number of amides is 1. The first kappa shape index (κ1) is 22.2. The average molecular weight is 441 g/mol. The van der Waals surface area contributed by atoms with Gasteiger partial charge in [0.05, 0.1) is 11.6 Å². The fraction of sp³-hybridized carbons (Fsp3) is 0.478. The van der Waals surface area contributed by atoms with Crippen LogP contribution in [0.5, 0.6) is 5.75 Å². The number of likely N-dealkylation sites (N-methyl/N-ethyl adjacent to an activating group) is 1. The zero-order valence-corrected chi connectivity index (χ0v) is 18.5. The second-order valence-electron chi connectivity index (χ2n) is 9.36. The molecule has 0 radical (unpaired) electrons. The van der Waals surface area contributed by atoms with Crippen LogP contribution in [0, 0.1) is 17.8 Å². The summed E-state index contributed by atoms with van der Waals surface area (Å²) < 4.78 is 0. The molecule has 0 spiro atoms. The van der Waals surface area contributed by atoms with Crippen LogP contribution in [-0.2, 0) is 20.8 Å². The summed E-state index contributed by atoms with van der Waals surface area (Å²) in [5, 5.41) is 21.9. The van der Waals surface area contributed by atoms with Gasteiger partial charge >= 0.3 is 0 Å². The highest BCUT2D eigenvalue weighted by Gasteiger charge is 2.62. The van der Waals surface area contributed by atoms with Gasteiger partial charge in [-0.25, -0.2) is 0 Å². The molecule has 170 valence electrons. The predicted molar refractivity (Wildman–Crippen MR) is 115 cm³/mol. The zero-order valence-electron chi connectivity index (χ0n) is 18.5. The smallest absolute Gasteiger partial charge is 0.235 e. The number of hydrogen-bond donors (Lipinski definition) is 3. The van der Waals surface area contributed by atoms with Gasteiger partial charge in [0.25, 0.3) is 0 Å². The van der Waals surface area contributed by atoms with Gasteiger partial charge in [-0.15, -0.1) is 0 Å². The molecule has 4 rings (SSSR count). The third kappa shape index (κ3) is 2.91. The van der Waals surface area contributed by atoms with Crippen molar-refractivity contribution in [1.29, 1.82) is 0 Å². The van der Waals surface area contributed by atoms with E-state index in [4.69, 9.17) is 5.73 Å². The second kappa shape index (κ2) is 7.25. The van der Waals surface area contributed by atoms with Gasteiger partial charge in [-0.3, -0.25) is 24.1 Å². The van der Waals surface area contributed by atoms with Crippen molar-refractivity contribution in [2.24, 2.45) is 23.5 Å². The number of carbonyl (C=O) groups is 4. The summed E-state index contributed by atoms with van der Waals surface area (Å²) >= 11 is 0. The van der Waals surface area contributed by atoms with Gasteiger partial charge < -0.3 is 20.8 Å². The lowest BCUT2D eigenvalue weighted by molar-refractivity contribution is -0.164. The van der Waals surface area contributed by atoms with Crippen LogP contribution in [0.4, 0.5) is 5.69 Å². The standard InChI is InChI=1S/C23H27N3O6/c1-25(2)14-5-6-15(27)16-11(14)7-10-8-13-18(26(3)4)20(29)17(22(24)31)21(30)23(13,32)9-12(10)19(16)28/h5-6,9-10,13,17-18,27,32H,7-8H2,1-4H3,(H2,24,31). The Kier molecular flexibility index (Phi) is 5.02. The molecular formula is C23H27N3O6. The molecule has 0 aliphatic heterocycles. The number of phenolic OH excluding ortho intramolecular Hbond substituents is 1. The molecule has 3 aliphatic carbocycles. The molecule has 3 aliphatic rings. The Balaban J connectivity index is 1.90. The van der Waals surface area contributed by atoms with E-state index in [0.29, 0.717) is 12.0 Å². The van der Waals surface area contributed by atoms with Gasteiger partial charge in [0.15, 0.2) is 23.3 Å². The lowest BCUT2D eigenvalue weighted by Gasteiger charge is -2.50. The zero-order chi connectivity index (χ0) is 23.7. The molecule has 9 heteroatoms. The molecule has 1 amide bonds. The Morgan fingerprint density at radius 1 is 1.16 bits per heavy atom. The van der Waals surface area contributed by atoms with Crippen LogP contribution in [-0.4, -0.2) is 78.2 Å². The lowest BCUT2D eigenvalue weighted by Crippen LogP contribution is -2.68. The number of ketones is 3. The normalized spacial score (nSPS) is 31.6. The molecule has 0 aromatic heterocycles. The van der Waals surface area contributed by atoms with Gasteiger partial charge in [-0.2, -0.15) is 0 Å². The van der Waals surface area contributed by atoms with Crippen molar-refractivity contribution in [3.05, 3.63) is 34.9 Å². The van der Waals surface area contributed by atoms with Crippen LogP contribution in [0.3, 0.4) is 0 Å². The minimum absolute atomic E-state index is 0.149. The summed E-state index contributed by atoms with van der Waals surface area (Å²) in [5.74, 6) is -6.35. The molecule has 1 saturated carbocycles. The van der Waals surface area contributed by atoms with Gasteiger partial charge in [0.1, 0.15) is 11.4 Å². The number of aliphatic hydroxyl groups is 1. The van der Waals surface area contributed by atoms with Crippen LogP contribution < -0.4 is 10.6 Å². The van der Waals surface area contributed by atoms with Gasteiger partial charge in [0, 0.05) is 31.3 Å². The first-order valence-electron chi connectivity index (χ1n) is 10.5. The monoisotopic (exact) mass is 441 g/mol.